The molecule has 8 nitrogen and oxygen atoms in total. The van der Waals surface area contributed by atoms with E-state index in [-0.39, 0.29) is 12.2 Å². The normalized spacial score (nSPS) is 15.2. The summed E-state index contributed by atoms with van der Waals surface area (Å²) < 4.78 is 1.78. The SMILES string of the molecule is CN1CCN(Cc2cc(C(=O)Cc3cc4cc(-c5cnn(C)c5)ccc4nn3)ccn2)CC1. The molecule has 4 aromatic rings. The Bertz CT molecular complexity index is 1290. The largest absolute Gasteiger partial charge is 0.304 e. The van der Waals surface area contributed by atoms with Crippen molar-refractivity contribution in [3.8, 4) is 11.1 Å². The van der Waals surface area contributed by atoms with Crippen LogP contribution in [0.25, 0.3) is 22.0 Å². The van der Waals surface area contributed by atoms with Crippen LogP contribution in [0.4, 0.5) is 0 Å². The molecule has 0 unspecified atom stereocenters. The van der Waals surface area contributed by atoms with Crippen LogP contribution >= 0.6 is 0 Å². The average Bonchev–Trinajstić information content (AvgIpc) is 3.26. The molecule has 8 heteroatoms. The van der Waals surface area contributed by atoms with Crippen LogP contribution in [0.1, 0.15) is 21.7 Å². The number of likely N-dealkylation sites (N-methyl/N-ethyl adjacent to an activating group) is 1. The molecule has 0 N–H and O–H groups in total. The summed E-state index contributed by atoms with van der Waals surface area (Å²) in [7, 11) is 4.04. The molecule has 4 heterocycles. The van der Waals surface area contributed by atoms with Crippen molar-refractivity contribution in [1.82, 2.24) is 34.8 Å². The first-order chi connectivity index (χ1) is 16.0. The van der Waals surface area contributed by atoms with E-state index in [9.17, 15) is 4.79 Å². The van der Waals surface area contributed by atoms with Gasteiger partial charge in [-0.3, -0.25) is 19.4 Å². The van der Waals surface area contributed by atoms with E-state index >= 15 is 0 Å². The van der Waals surface area contributed by atoms with Crippen LogP contribution in [-0.2, 0) is 20.0 Å². The lowest BCUT2D eigenvalue weighted by molar-refractivity contribution is 0.0991. The molecule has 0 radical (unpaired) electrons. The van der Waals surface area contributed by atoms with Gasteiger partial charge in [-0.2, -0.15) is 15.3 Å². The quantitative estimate of drug-likeness (QED) is 0.426. The summed E-state index contributed by atoms with van der Waals surface area (Å²) >= 11 is 0. The highest BCUT2D eigenvalue weighted by Gasteiger charge is 2.16. The van der Waals surface area contributed by atoms with Gasteiger partial charge < -0.3 is 4.90 Å². The van der Waals surface area contributed by atoms with Crippen LogP contribution in [0.2, 0.25) is 0 Å². The van der Waals surface area contributed by atoms with E-state index in [1.807, 2.05) is 43.7 Å². The molecule has 0 amide bonds. The highest BCUT2D eigenvalue weighted by Crippen LogP contribution is 2.23. The van der Waals surface area contributed by atoms with Gasteiger partial charge in [0.25, 0.3) is 0 Å². The Hall–Kier alpha value is -3.49. The molecule has 0 saturated carbocycles. The van der Waals surface area contributed by atoms with Crippen LogP contribution in [-0.4, -0.2) is 73.8 Å². The average molecular weight is 442 g/mol. The van der Waals surface area contributed by atoms with Crippen molar-refractivity contribution >= 4 is 16.7 Å². The number of nitrogens with zero attached hydrogens (tertiary/aromatic N) is 7. The highest BCUT2D eigenvalue weighted by atomic mass is 16.1. The lowest BCUT2D eigenvalue weighted by Gasteiger charge is -2.32. The molecule has 33 heavy (non-hydrogen) atoms. The van der Waals surface area contributed by atoms with Gasteiger partial charge in [0.15, 0.2) is 5.78 Å². The molecule has 1 aromatic carbocycles. The number of carbonyl (C=O) groups excluding carboxylic acids is 1. The van der Waals surface area contributed by atoms with Crippen LogP contribution in [0.15, 0.2) is 55.0 Å². The van der Waals surface area contributed by atoms with Gasteiger partial charge in [-0.05, 0) is 42.9 Å². The number of pyridine rings is 1. The lowest BCUT2D eigenvalue weighted by Crippen LogP contribution is -2.44. The zero-order valence-corrected chi connectivity index (χ0v) is 19.0. The minimum Gasteiger partial charge on any atom is -0.304 e. The van der Waals surface area contributed by atoms with Gasteiger partial charge in [0, 0.05) is 68.7 Å². The first kappa shape index (κ1) is 21.4. The number of aromatic nitrogens is 5. The monoisotopic (exact) mass is 441 g/mol. The van der Waals surface area contributed by atoms with Gasteiger partial charge in [-0.1, -0.05) is 6.07 Å². The first-order valence-corrected chi connectivity index (χ1v) is 11.2. The van der Waals surface area contributed by atoms with Gasteiger partial charge in [0.05, 0.1) is 29.5 Å². The topological polar surface area (TPSA) is 80.0 Å². The molecule has 1 aliphatic rings. The minimum atomic E-state index is 0.0223. The summed E-state index contributed by atoms with van der Waals surface area (Å²) in [4.78, 5) is 22.2. The second-order valence-corrected chi connectivity index (χ2v) is 8.73. The fraction of sp³-hybridized carbons (Fsp3) is 0.320. The Balaban J connectivity index is 1.31. The number of piperazine rings is 1. The third kappa shape index (κ3) is 4.97. The summed E-state index contributed by atoms with van der Waals surface area (Å²) in [6.07, 6.45) is 5.75. The maximum atomic E-state index is 13.0. The number of benzene rings is 1. The number of hydrogen-bond donors (Lipinski definition) is 0. The third-order valence-electron chi connectivity index (χ3n) is 6.14. The van der Waals surface area contributed by atoms with Crippen molar-refractivity contribution in [3.05, 3.63) is 71.9 Å². The maximum Gasteiger partial charge on any atom is 0.169 e. The van der Waals surface area contributed by atoms with Gasteiger partial charge in [0.1, 0.15) is 0 Å². The molecule has 0 atom stereocenters. The molecule has 5 rings (SSSR count). The van der Waals surface area contributed by atoms with Crippen molar-refractivity contribution < 1.29 is 4.79 Å². The highest BCUT2D eigenvalue weighted by molar-refractivity contribution is 5.97. The molecular weight excluding hydrogens is 414 g/mol. The number of aryl methyl sites for hydroxylation is 1. The number of hydrogen-bond acceptors (Lipinski definition) is 7. The number of carbonyl (C=O) groups is 1. The van der Waals surface area contributed by atoms with Gasteiger partial charge in [-0.25, -0.2) is 0 Å². The standard InChI is InChI=1S/C25H27N7O/c1-30-7-9-32(10-8-30)17-23-12-19(5-6-26-23)25(33)14-22-13-20-11-18(3-4-24(20)29-28-22)21-15-27-31(2)16-21/h3-6,11-13,15-16H,7-10,14,17H2,1-2H3. The third-order valence-corrected chi connectivity index (χ3v) is 6.14. The predicted octanol–water partition coefficient (Wildman–Crippen LogP) is 2.60. The van der Waals surface area contributed by atoms with E-state index in [1.54, 1.807) is 16.9 Å². The number of fused-ring (bicyclic) bond motifs is 1. The number of ketones is 1. The second-order valence-electron chi connectivity index (χ2n) is 8.73. The van der Waals surface area contributed by atoms with Crippen LogP contribution in [0.3, 0.4) is 0 Å². The molecule has 1 aliphatic heterocycles. The van der Waals surface area contributed by atoms with Gasteiger partial charge in [0.2, 0.25) is 0 Å². The summed E-state index contributed by atoms with van der Waals surface area (Å²) in [5.41, 5.74) is 5.16. The molecule has 168 valence electrons. The Kier molecular flexibility index (Phi) is 5.93. The molecule has 1 saturated heterocycles. The first-order valence-electron chi connectivity index (χ1n) is 11.2. The molecule has 0 aliphatic carbocycles. The smallest absolute Gasteiger partial charge is 0.169 e. The van der Waals surface area contributed by atoms with Crippen LogP contribution in [0, 0.1) is 0 Å². The van der Waals surface area contributed by atoms with Crippen molar-refractivity contribution in [2.75, 3.05) is 33.2 Å². The predicted molar refractivity (Wildman–Crippen MR) is 127 cm³/mol. The number of Topliss-reactive ketones (excluding diaryl/α,β-unsaturated/α-hetero) is 1. The van der Waals surface area contributed by atoms with Crippen molar-refractivity contribution in [2.45, 2.75) is 13.0 Å². The zero-order valence-electron chi connectivity index (χ0n) is 19.0. The van der Waals surface area contributed by atoms with E-state index in [2.05, 4.69) is 43.2 Å². The summed E-state index contributed by atoms with van der Waals surface area (Å²) in [5.74, 6) is 0.0223. The maximum absolute atomic E-state index is 13.0. The minimum absolute atomic E-state index is 0.0223. The van der Waals surface area contributed by atoms with E-state index in [0.29, 0.717) is 11.3 Å². The zero-order chi connectivity index (χ0) is 22.8. The Morgan fingerprint density at radius 3 is 2.58 bits per heavy atom. The van der Waals surface area contributed by atoms with Crippen LogP contribution < -0.4 is 0 Å². The Morgan fingerprint density at radius 1 is 0.939 bits per heavy atom. The molecule has 0 spiro atoms. The summed E-state index contributed by atoms with van der Waals surface area (Å²) in [6, 6.07) is 11.7. The van der Waals surface area contributed by atoms with E-state index in [0.717, 1.165) is 60.4 Å². The molecule has 1 fully saturated rings. The van der Waals surface area contributed by atoms with Crippen molar-refractivity contribution in [2.24, 2.45) is 7.05 Å². The fourth-order valence-electron chi connectivity index (χ4n) is 4.16. The molecule has 0 bridgehead atoms. The Labute approximate surface area is 192 Å². The number of rotatable bonds is 6. The van der Waals surface area contributed by atoms with E-state index in [4.69, 9.17) is 0 Å². The Morgan fingerprint density at radius 2 is 1.79 bits per heavy atom. The molecule has 3 aromatic heterocycles. The van der Waals surface area contributed by atoms with Crippen LogP contribution in [0.5, 0.6) is 0 Å². The van der Waals surface area contributed by atoms with E-state index in [1.165, 1.54) is 0 Å². The molecular formula is C25H27N7O. The summed E-state index contributed by atoms with van der Waals surface area (Å²) in [5, 5.41) is 13.8. The second kappa shape index (κ2) is 9.17. The van der Waals surface area contributed by atoms with Crippen molar-refractivity contribution in [1.29, 1.82) is 0 Å². The van der Waals surface area contributed by atoms with Gasteiger partial charge >= 0.3 is 0 Å². The van der Waals surface area contributed by atoms with E-state index < -0.39 is 0 Å². The summed E-state index contributed by atoms with van der Waals surface area (Å²) in [6.45, 7) is 4.92. The lowest BCUT2D eigenvalue weighted by atomic mass is 10.0. The fourth-order valence-corrected chi connectivity index (χ4v) is 4.16. The van der Waals surface area contributed by atoms with Crippen molar-refractivity contribution in [3.63, 3.8) is 0 Å². The van der Waals surface area contributed by atoms with Gasteiger partial charge in [-0.15, -0.1) is 0 Å².